The third-order valence-electron chi connectivity index (χ3n) is 2.62. The van der Waals surface area contributed by atoms with E-state index in [1.54, 1.807) is 0 Å². The first-order valence-corrected chi connectivity index (χ1v) is 5.15. The van der Waals surface area contributed by atoms with Crippen LogP contribution in [0.3, 0.4) is 0 Å². The summed E-state index contributed by atoms with van der Waals surface area (Å²) >= 11 is 0. The third kappa shape index (κ3) is 1.89. The normalized spacial score (nSPS) is 15.2. The second-order valence-corrected chi connectivity index (χ2v) is 4.02. The molecule has 3 heteroatoms. The number of carbonyl (C=O) groups is 1. The Morgan fingerprint density at radius 2 is 1.88 bits per heavy atom. The van der Waals surface area contributed by atoms with Crippen LogP contribution in [0.1, 0.15) is 24.5 Å². The topological polar surface area (TPSA) is 49.7 Å². The number of aryl methyl sites for hydroxylation is 1. The van der Waals surface area contributed by atoms with E-state index in [9.17, 15) is 4.79 Å². The summed E-state index contributed by atoms with van der Waals surface area (Å²) in [6, 6.07) is 7.86. The Kier molecular flexibility index (Phi) is 2.60. The Morgan fingerprint density at radius 1 is 1.25 bits per heavy atom. The minimum atomic E-state index is -0.951. The molecule has 0 saturated carbocycles. The monoisotopic (exact) mass is 215 g/mol. The van der Waals surface area contributed by atoms with Crippen LogP contribution >= 0.6 is 0 Å². The SMILES string of the molecule is CC1=NC(C(=O)O)=C(c2ccc(C)cc2)C1. The lowest BCUT2D eigenvalue weighted by atomic mass is 10.00. The van der Waals surface area contributed by atoms with Crippen molar-refractivity contribution in [3.8, 4) is 0 Å². The second-order valence-electron chi connectivity index (χ2n) is 4.02. The van der Waals surface area contributed by atoms with E-state index in [0.717, 1.165) is 22.4 Å². The molecule has 1 aromatic carbocycles. The summed E-state index contributed by atoms with van der Waals surface area (Å²) in [5.41, 5.74) is 3.96. The molecule has 0 unspecified atom stereocenters. The lowest BCUT2D eigenvalue weighted by molar-refractivity contribution is -0.132. The van der Waals surface area contributed by atoms with Crippen LogP contribution in [0.5, 0.6) is 0 Å². The van der Waals surface area contributed by atoms with Gasteiger partial charge in [-0.15, -0.1) is 0 Å². The van der Waals surface area contributed by atoms with Crippen molar-refractivity contribution in [1.29, 1.82) is 0 Å². The van der Waals surface area contributed by atoms with Crippen LogP contribution in [0.25, 0.3) is 5.57 Å². The molecule has 0 aliphatic carbocycles. The maximum atomic E-state index is 11.0. The largest absolute Gasteiger partial charge is 0.477 e. The van der Waals surface area contributed by atoms with E-state index in [1.807, 2.05) is 38.1 Å². The van der Waals surface area contributed by atoms with E-state index in [0.29, 0.717) is 6.42 Å². The molecule has 0 spiro atoms. The highest BCUT2D eigenvalue weighted by Gasteiger charge is 2.21. The van der Waals surface area contributed by atoms with Gasteiger partial charge in [0.15, 0.2) is 5.70 Å². The molecule has 1 N–H and O–H groups in total. The van der Waals surface area contributed by atoms with Crippen molar-refractivity contribution in [3.05, 3.63) is 41.1 Å². The molecule has 16 heavy (non-hydrogen) atoms. The van der Waals surface area contributed by atoms with Crippen molar-refractivity contribution in [1.82, 2.24) is 0 Å². The van der Waals surface area contributed by atoms with Crippen LogP contribution in [0.15, 0.2) is 35.0 Å². The molecular formula is C13H13NO2. The van der Waals surface area contributed by atoms with Gasteiger partial charge in [0, 0.05) is 12.1 Å². The average molecular weight is 215 g/mol. The molecule has 0 saturated heterocycles. The van der Waals surface area contributed by atoms with E-state index >= 15 is 0 Å². The fourth-order valence-corrected chi connectivity index (χ4v) is 1.81. The number of nitrogens with zero attached hydrogens (tertiary/aromatic N) is 1. The molecule has 0 amide bonds. The van der Waals surface area contributed by atoms with Gasteiger partial charge in [-0.05, 0) is 25.0 Å². The summed E-state index contributed by atoms with van der Waals surface area (Å²) < 4.78 is 0. The molecule has 2 rings (SSSR count). The molecule has 0 bridgehead atoms. The molecule has 0 fully saturated rings. The minimum Gasteiger partial charge on any atom is -0.477 e. The smallest absolute Gasteiger partial charge is 0.354 e. The molecule has 0 aromatic heterocycles. The number of rotatable bonds is 2. The van der Waals surface area contributed by atoms with Crippen LogP contribution in [-0.2, 0) is 4.79 Å². The minimum absolute atomic E-state index is 0.182. The van der Waals surface area contributed by atoms with E-state index in [-0.39, 0.29) is 5.70 Å². The van der Waals surface area contributed by atoms with Gasteiger partial charge in [0.05, 0.1) is 0 Å². The van der Waals surface area contributed by atoms with Gasteiger partial charge < -0.3 is 5.11 Å². The van der Waals surface area contributed by atoms with E-state index in [1.165, 1.54) is 0 Å². The van der Waals surface area contributed by atoms with Crippen LogP contribution in [0, 0.1) is 6.92 Å². The molecule has 3 nitrogen and oxygen atoms in total. The fourth-order valence-electron chi connectivity index (χ4n) is 1.81. The zero-order valence-corrected chi connectivity index (χ0v) is 9.32. The molecule has 0 radical (unpaired) electrons. The first-order chi connectivity index (χ1) is 7.58. The Morgan fingerprint density at radius 3 is 2.44 bits per heavy atom. The number of aliphatic imine (C=N–C) groups is 1. The summed E-state index contributed by atoms with van der Waals surface area (Å²) in [4.78, 5) is 15.1. The van der Waals surface area contributed by atoms with Gasteiger partial charge in [0.25, 0.3) is 0 Å². The summed E-state index contributed by atoms with van der Waals surface area (Å²) in [6.07, 6.45) is 0.630. The van der Waals surface area contributed by atoms with Crippen molar-refractivity contribution in [2.24, 2.45) is 4.99 Å². The standard InChI is InChI=1S/C13H13NO2/c1-8-3-5-10(6-4-8)11-7-9(2)14-12(11)13(15)16/h3-6H,7H2,1-2H3,(H,15,16). The van der Waals surface area contributed by atoms with Gasteiger partial charge in [-0.2, -0.15) is 0 Å². The molecule has 1 aliphatic heterocycles. The highest BCUT2D eigenvalue weighted by atomic mass is 16.4. The molecule has 0 atom stereocenters. The van der Waals surface area contributed by atoms with Crippen molar-refractivity contribution < 1.29 is 9.90 Å². The van der Waals surface area contributed by atoms with Gasteiger partial charge in [0.2, 0.25) is 0 Å². The number of aliphatic carboxylic acids is 1. The highest BCUT2D eigenvalue weighted by Crippen LogP contribution is 2.29. The quantitative estimate of drug-likeness (QED) is 0.824. The second kappa shape index (κ2) is 3.93. The van der Waals surface area contributed by atoms with Crippen LogP contribution in [-0.4, -0.2) is 16.8 Å². The molecule has 1 aliphatic rings. The van der Waals surface area contributed by atoms with Gasteiger partial charge in [-0.1, -0.05) is 29.8 Å². The van der Waals surface area contributed by atoms with E-state index in [2.05, 4.69) is 4.99 Å². The van der Waals surface area contributed by atoms with Gasteiger partial charge in [-0.25, -0.2) is 9.79 Å². The van der Waals surface area contributed by atoms with Crippen molar-refractivity contribution in [2.75, 3.05) is 0 Å². The molecule has 1 aromatic rings. The fraction of sp³-hybridized carbons (Fsp3) is 0.231. The predicted molar refractivity (Wildman–Crippen MR) is 63.5 cm³/mol. The van der Waals surface area contributed by atoms with Crippen LogP contribution in [0.4, 0.5) is 0 Å². The maximum Gasteiger partial charge on any atom is 0.354 e. The Balaban J connectivity index is 2.45. The lowest BCUT2D eigenvalue weighted by Crippen LogP contribution is -1.98. The zero-order chi connectivity index (χ0) is 11.7. The molecule has 1 heterocycles. The Hall–Kier alpha value is -1.90. The number of carboxylic acids is 1. The van der Waals surface area contributed by atoms with Crippen molar-refractivity contribution >= 4 is 17.3 Å². The Labute approximate surface area is 94.1 Å². The highest BCUT2D eigenvalue weighted by molar-refractivity contribution is 6.08. The number of benzene rings is 1. The third-order valence-corrected chi connectivity index (χ3v) is 2.62. The summed E-state index contributed by atoms with van der Waals surface area (Å²) in [6.45, 7) is 3.86. The summed E-state index contributed by atoms with van der Waals surface area (Å²) in [5.74, 6) is -0.951. The zero-order valence-electron chi connectivity index (χ0n) is 9.32. The molecule has 82 valence electrons. The maximum absolute atomic E-state index is 11.0. The van der Waals surface area contributed by atoms with Gasteiger partial charge in [-0.3, -0.25) is 0 Å². The predicted octanol–water partition coefficient (Wildman–Crippen LogP) is 2.66. The number of hydrogen-bond acceptors (Lipinski definition) is 2. The van der Waals surface area contributed by atoms with E-state index in [4.69, 9.17) is 5.11 Å². The van der Waals surface area contributed by atoms with Gasteiger partial charge in [0.1, 0.15) is 0 Å². The molecular weight excluding hydrogens is 202 g/mol. The van der Waals surface area contributed by atoms with Crippen molar-refractivity contribution in [3.63, 3.8) is 0 Å². The number of hydrogen-bond donors (Lipinski definition) is 1. The lowest BCUT2D eigenvalue weighted by Gasteiger charge is -2.04. The Bertz CT molecular complexity index is 495. The van der Waals surface area contributed by atoms with Crippen LogP contribution < -0.4 is 0 Å². The van der Waals surface area contributed by atoms with Crippen LogP contribution in [0.2, 0.25) is 0 Å². The summed E-state index contributed by atoms with van der Waals surface area (Å²) in [7, 11) is 0. The first-order valence-electron chi connectivity index (χ1n) is 5.15. The number of carboxylic acid groups (broad SMARTS) is 1. The number of allylic oxidation sites excluding steroid dienone is 1. The first kappa shape index (κ1) is 10.6. The summed E-state index contributed by atoms with van der Waals surface area (Å²) in [5, 5.41) is 9.05. The average Bonchev–Trinajstić information content (AvgIpc) is 2.61. The van der Waals surface area contributed by atoms with Crippen molar-refractivity contribution in [2.45, 2.75) is 20.3 Å². The van der Waals surface area contributed by atoms with Gasteiger partial charge >= 0.3 is 5.97 Å². The van der Waals surface area contributed by atoms with E-state index < -0.39 is 5.97 Å².